The fourth-order valence-electron chi connectivity index (χ4n) is 0.632. The fraction of sp³-hybridized carbons (Fsp3) is 0.600. The van der Waals surface area contributed by atoms with Crippen molar-refractivity contribution in [1.82, 2.24) is 0 Å². The van der Waals surface area contributed by atoms with Gasteiger partial charge in [-0.1, -0.05) is 11.8 Å². The van der Waals surface area contributed by atoms with E-state index in [2.05, 4.69) is 0 Å². The van der Waals surface area contributed by atoms with Crippen LogP contribution in [0.25, 0.3) is 0 Å². The maximum Gasteiger partial charge on any atom is 0.256 e. The predicted molar refractivity (Wildman–Crippen MR) is 42.3 cm³/mol. The Morgan fingerprint density at radius 3 is 2.50 bits per heavy atom. The van der Waals surface area contributed by atoms with Crippen molar-refractivity contribution in [1.29, 1.82) is 0 Å². The summed E-state index contributed by atoms with van der Waals surface area (Å²) in [7, 11) is 0. The van der Waals surface area contributed by atoms with E-state index in [0.717, 1.165) is 11.8 Å². The zero-order valence-electron chi connectivity index (χ0n) is 5.20. The molecule has 1 fully saturated rings. The lowest BCUT2D eigenvalue weighted by molar-refractivity contribution is -0.132. The Hall–Kier alpha value is -0.0600. The Morgan fingerprint density at radius 1 is 1.50 bits per heavy atom. The predicted octanol–water partition coefficient (Wildman–Crippen LogP) is -0.0319. The molecule has 1 saturated heterocycles. The Morgan fingerprint density at radius 2 is 2.10 bits per heavy atom. The SMILES string of the molecule is Cl.NC1CCSC(=O)C1=O. The lowest BCUT2D eigenvalue weighted by Gasteiger charge is -2.12. The number of rotatable bonds is 0. The maximum absolute atomic E-state index is 10.6. The lowest BCUT2D eigenvalue weighted by atomic mass is 10.1. The largest absolute Gasteiger partial charge is 0.321 e. The molecule has 10 heavy (non-hydrogen) atoms. The van der Waals surface area contributed by atoms with Gasteiger partial charge in [0.25, 0.3) is 5.12 Å². The quantitative estimate of drug-likeness (QED) is 0.534. The van der Waals surface area contributed by atoms with Crippen LogP contribution in [0.1, 0.15) is 6.42 Å². The van der Waals surface area contributed by atoms with Gasteiger partial charge in [-0.25, -0.2) is 0 Å². The van der Waals surface area contributed by atoms with Crippen LogP contribution in [0.2, 0.25) is 0 Å². The minimum Gasteiger partial charge on any atom is -0.321 e. The molecule has 1 heterocycles. The van der Waals surface area contributed by atoms with Crippen LogP contribution in [-0.2, 0) is 9.59 Å². The Kier molecular flexibility index (Phi) is 3.93. The van der Waals surface area contributed by atoms with Gasteiger partial charge in [-0.2, -0.15) is 0 Å². The van der Waals surface area contributed by atoms with Crippen LogP contribution in [-0.4, -0.2) is 22.7 Å². The third-order valence-electron chi connectivity index (χ3n) is 1.20. The molecule has 0 radical (unpaired) electrons. The van der Waals surface area contributed by atoms with Crippen LogP contribution in [0, 0.1) is 0 Å². The standard InChI is InChI=1S/C5H7NO2S.ClH/c6-3-1-2-9-5(8)4(3)7;/h3H,1-2,6H2;1H. The van der Waals surface area contributed by atoms with Crippen LogP contribution in [0.15, 0.2) is 0 Å². The van der Waals surface area contributed by atoms with E-state index in [1.807, 2.05) is 0 Å². The van der Waals surface area contributed by atoms with Crippen molar-refractivity contribution in [2.45, 2.75) is 12.5 Å². The van der Waals surface area contributed by atoms with E-state index in [9.17, 15) is 9.59 Å². The van der Waals surface area contributed by atoms with Gasteiger partial charge in [-0.05, 0) is 6.42 Å². The van der Waals surface area contributed by atoms with E-state index in [1.54, 1.807) is 0 Å². The highest BCUT2D eigenvalue weighted by Crippen LogP contribution is 2.14. The molecule has 1 aliphatic rings. The fourth-order valence-corrected chi connectivity index (χ4v) is 1.48. The summed E-state index contributed by atoms with van der Waals surface area (Å²) in [6, 6.07) is -0.529. The van der Waals surface area contributed by atoms with Gasteiger partial charge in [0.1, 0.15) is 0 Å². The molecule has 1 aliphatic heterocycles. The summed E-state index contributed by atoms with van der Waals surface area (Å²) < 4.78 is 0. The number of nitrogens with two attached hydrogens (primary N) is 1. The molecule has 0 aromatic rings. The van der Waals surface area contributed by atoms with Crippen molar-refractivity contribution in [3.05, 3.63) is 0 Å². The monoisotopic (exact) mass is 181 g/mol. The molecule has 5 heteroatoms. The number of thioether (sulfide) groups is 1. The highest BCUT2D eigenvalue weighted by Gasteiger charge is 2.26. The molecular weight excluding hydrogens is 174 g/mol. The van der Waals surface area contributed by atoms with E-state index >= 15 is 0 Å². The highest BCUT2D eigenvalue weighted by atomic mass is 35.5. The van der Waals surface area contributed by atoms with Crippen LogP contribution in [0.5, 0.6) is 0 Å². The molecule has 0 aliphatic carbocycles. The van der Waals surface area contributed by atoms with Crippen LogP contribution >= 0.6 is 24.2 Å². The molecule has 1 unspecified atom stereocenters. The van der Waals surface area contributed by atoms with E-state index in [4.69, 9.17) is 5.73 Å². The Balaban J connectivity index is 0.000000810. The average Bonchev–Trinajstić information content (AvgIpc) is 1.83. The smallest absolute Gasteiger partial charge is 0.256 e. The average molecular weight is 182 g/mol. The number of ketones is 1. The maximum atomic E-state index is 10.6. The first-order valence-electron chi connectivity index (χ1n) is 2.68. The number of hydrogen-bond donors (Lipinski definition) is 1. The third kappa shape index (κ3) is 1.97. The summed E-state index contributed by atoms with van der Waals surface area (Å²) in [5.41, 5.74) is 5.28. The normalized spacial score (nSPS) is 25.9. The van der Waals surface area contributed by atoms with Crippen molar-refractivity contribution >= 4 is 35.1 Å². The van der Waals surface area contributed by atoms with Gasteiger partial charge in [0.05, 0.1) is 6.04 Å². The van der Waals surface area contributed by atoms with E-state index < -0.39 is 11.8 Å². The second kappa shape index (κ2) is 3.95. The van der Waals surface area contributed by atoms with Crippen molar-refractivity contribution < 1.29 is 9.59 Å². The summed E-state index contributed by atoms with van der Waals surface area (Å²) in [4.78, 5) is 21.2. The van der Waals surface area contributed by atoms with Gasteiger partial charge in [0, 0.05) is 5.75 Å². The molecule has 58 valence electrons. The summed E-state index contributed by atoms with van der Waals surface area (Å²) in [6.07, 6.45) is 0.634. The summed E-state index contributed by atoms with van der Waals surface area (Å²) >= 11 is 1.06. The molecule has 2 N–H and O–H groups in total. The van der Waals surface area contributed by atoms with E-state index in [0.29, 0.717) is 12.2 Å². The molecule has 0 aromatic carbocycles. The van der Waals surface area contributed by atoms with Gasteiger partial charge in [0.15, 0.2) is 0 Å². The molecule has 0 saturated carbocycles. The molecule has 0 amide bonds. The second-order valence-electron chi connectivity index (χ2n) is 1.90. The zero-order valence-corrected chi connectivity index (χ0v) is 6.83. The molecule has 0 spiro atoms. The molecule has 0 bridgehead atoms. The topological polar surface area (TPSA) is 60.2 Å². The van der Waals surface area contributed by atoms with Crippen molar-refractivity contribution in [3.8, 4) is 0 Å². The van der Waals surface area contributed by atoms with Crippen LogP contribution in [0.4, 0.5) is 0 Å². The highest BCUT2D eigenvalue weighted by molar-refractivity contribution is 8.15. The molecule has 3 nitrogen and oxygen atoms in total. The third-order valence-corrected chi connectivity index (χ3v) is 2.10. The summed E-state index contributed by atoms with van der Waals surface area (Å²) in [6.45, 7) is 0. The van der Waals surface area contributed by atoms with Crippen molar-refractivity contribution in [3.63, 3.8) is 0 Å². The van der Waals surface area contributed by atoms with E-state index in [1.165, 1.54) is 0 Å². The number of hydrogen-bond acceptors (Lipinski definition) is 4. The van der Waals surface area contributed by atoms with Gasteiger partial charge in [0.2, 0.25) is 5.78 Å². The van der Waals surface area contributed by atoms with Crippen LogP contribution < -0.4 is 5.73 Å². The summed E-state index contributed by atoms with van der Waals surface area (Å²) in [5, 5.41) is -0.381. The molecule has 1 atom stereocenters. The summed E-state index contributed by atoms with van der Waals surface area (Å²) in [5.74, 6) is 0.261. The first-order valence-corrected chi connectivity index (χ1v) is 3.67. The van der Waals surface area contributed by atoms with Crippen LogP contribution in [0.3, 0.4) is 0 Å². The first kappa shape index (κ1) is 9.94. The Labute approximate surface area is 69.1 Å². The van der Waals surface area contributed by atoms with Gasteiger partial charge < -0.3 is 5.73 Å². The molecule has 1 rings (SSSR count). The number of carbonyl (C=O) groups is 2. The number of halogens is 1. The number of carbonyl (C=O) groups excluding carboxylic acids is 2. The second-order valence-corrected chi connectivity index (χ2v) is 2.96. The lowest BCUT2D eigenvalue weighted by Crippen LogP contribution is -2.38. The minimum atomic E-state index is -0.529. The zero-order chi connectivity index (χ0) is 6.85. The molecule has 0 aromatic heterocycles. The van der Waals surface area contributed by atoms with Gasteiger partial charge in [-0.3, -0.25) is 9.59 Å². The minimum absolute atomic E-state index is 0. The van der Waals surface area contributed by atoms with E-state index in [-0.39, 0.29) is 17.5 Å². The van der Waals surface area contributed by atoms with Crippen molar-refractivity contribution in [2.24, 2.45) is 5.73 Å². The first-order chi connectivity index (χ1) is 4.22. The molecular formula is C5H8ClNO2S. The number of Topliss-reactive ketones (excluding diaryl/α,β-unsaturated/α-hetero) is 1. The van der Waals surface area contributed by atoms with Gasteiger partial charge in [-0.15, -0.1) is 12.4 Å². The Bertz CT molecular complexity index is 162. The van der Waals surface area contributed by atoms with Crippen molar-refractivity contribution in [2.75, 3.05) is 5.75 Å². The van der Waals surface area contributed by atoms with Gasteiger partial charge >= 0.3 is 0 Å².